The summed E-state index contributed by atoms with van der Waals surface area (Å²) in [5.74, 6) is 0. The zero-order chi connectivity index (χ0) is 12.9. The molecule has 0 aliphatic heterocycles. The van der Waals surface area contributed by atoms with E-state index in [2.05, 4.69) is 16.8 Å². The Balaban J connectivity index is -0.0000000407. The van der Waals surface area contributed by atoms with Gasteiger partial charge in [-0.3, -0.25) is 0 Å². The number of hydrogen-bond donors (Lipinski definition) is 1. The normalized spacial score (nSPS) is 6.00. The summed E-state index contributed by atoms with van der Waals surface area (Å²) in [6.45, 7) is 1.69. The van der Waals surface area contributed by atoms with E-state index in [9.17, 15) is 10.1 Å². The van der Waals surface area contributed by atoms with Crippen molar-refractivity contribution >= 4 is 24.0 Å². The van der Waals surface area contributed by atoms with Crippen molar-refractivity contribution in [2.24, 2.45) is 0 Å². The standard InChI is InChI=1S/C2H5NO3.CH2NO3.HI.HNO3.Y/c1-2-6-3(4)5;1-5-2(3)4;;2-1(3)4;/h2H2,1H3;1H2;1H;(H,2,3,4);/q;-1;;;. The zero-order valence-corrected chi connectivity index (χ0v) is 13.6. The van der Waals surface area contributed by atoms with Crippen LogP contribution in [0.1, 0.15) is 6.92 Å². The van der Waals surface area contributed by atoms with E-state index in [-0.39, 0.29) is 63.3 Å². The summed E-state index contributed by atoms with van der Waals surface area (Å²) < 4.78 is 0. The smallest absolute Gasteiger partial charge is 0.294 e. The predicted octanol–water partition coefficient (Wildman–Crippen LogP) is 0.469. The van der Waals surface area contributed by atoms with Crippen LogP contribution in [0.2, 0.25) is 0 Å². The monoisotopic (exact) mass is 447 g/mol. The molecule has 0 atom stereocenters. The van der Waals surface area contributed by atoms with Crippen molar-refractivity contribution in [3.8, 4) is 0 Å². The van der Waals surface area contributed by atoms with Crippen molar-refractivity contribution in [1.82, 2.24) is 0 Å². The Labute approximate surface area is 137 Å². The summed E-state index contributed by atoms with van der Waals surface area (Å²) >= 11 is 0. The average molecular weight is 447 g/mol. The van der Waals surface area contributed by atoms with Gasteiger partial charge >= 0.3 is 0 Å². The molecule has 0 fully saturated rings. The van der Waals surface area contributed by atoms with E-state index in [1.807, 2.05) is 0 Å². The molecule has 0 spiro atoms. The first-order valence-electron chi connectivity index (χ1n) is 2.95. The molecule has 17 heavy (non-hydrogen) atoms. The van der Waals surface area contributed by atoms with E-state index in [0.717, 1.165) is 0 Å². The Morgan fingerprint density at radius 1 is 1.18 bits per heavy atom. The first-order valence-corrected chi connectivity index (χ1v) is 2.95. The fraction of sp³-hybridized carbons (Fsp3) is 0.667. The van der Waals surface area contributed by atoms with Gasteiger partial charge in [0, 0.05) is 32.7 Å². The van der Waals surface area contributed by atoms with Gasteiger partial charge in [-0.25, -0.2) is 0 Å². The van der Waals surface area contributed by atoms with Gasteiger partial charge in [0.15, 0.2) is 0 Å². The zero-order valence-electron chi connectivity index (χ0n) is 8.45. The molecule has 101 valence electrons. The Kier molecular flexibility index (Phi) is 43.3. The fourth-order valence-corrected chi connectivity index (χ4v) is 0.105. The molecule has 0 aromatic rings. The maximum atomic E-state index is 9.18. The molecule has 0 heterocycles. The van der Waals surface area contributed by atoms with Crippen LogP contribution < -0.4 is 0 Å². The first-order chi connectivity index (χ1) is 6.77. The molecule has 14 heteroatoms. The van der Waals surface area contributed by atoms with E-state index >= 15 is 0 Å². The molecular formula is C3H9IN3O9Y-. The second-order valence-corrected chi connectivity index (χ2v) is 1.23. The van der Waals surface area contributed by atoms with E-state index in [1.54, 1.807) is 6.92 Å². The third-order valence-corrected chi connectivity index (χ3v) is 0.340. The minimum atomic E-state index is -1.50. The van der Waals surface area contributed by atoms with Crippen molar-refractivity contribution in [3.63, 3.8) is 0 Å². The molecule has 1 radical (unpaired) electrons. The van der Waals surface area contributed by atoms with Crippen LogP contribution in [-0.2, 0) is 42.4 Å². The molecule has 0 saturated carbocycles. The summed E-state index contributed by atoms with van der Waals surface area (Å²) in [4.78, 5) is 33.4. The molecule has 1 N–H and O–H groups in total. The van der Waals surface area contributed by atoms with Crippen LogP contribution in [0.25, 0.3) is 0 Å². The quantitative estimate of drug-likeness (QED) is 0.280. The summed E-state index contributed by atoms with van der Waals surface area (Å²) in [7, 11) is 2.49. The van der Waals surface area contributed by atoms with Crippen LogP contribution in [0, 0.1) is 37.5 Å². The molecule has 0 aromatic carbocycles. The van der Waals surface area contributed by atoms with E-state index in [0.29, 0.717) is 0 Å². The molecule has 0 saturated heterocycles. The van der Waals surface area contributed by atoms with E-state index in [4.69, 9.17) is 25.4 Å². The third kappa shape index (κ3) is 142. The topological polar surface area (TPSA) is 168 Å². The molecule has 0 bridgehead atoms. The van der Waals surface area contributed by atoms with Gasteiger partial charge in [0.05, 0.1) is 6.61 Å². The van der Waals surface area contributed by atoms with Crippen molar-refractivity contribution < 1.29 is 62.9 Å². The Morgan fingerprint density at radius 2 is 1.41 bits per heavy atom. The van der Waals surface area contributed by atoms with E-state index < -0.39 is 15.3 Å². The van der Waals surface area contributed by atoms with Gasteiger partial charge in [-0.2, -0.15) is 7.11 Å². The van der Waals surface area contributed by atoms with E-state index in [1.165, 1.54) is 0 Å². The maximum Gasteiger partial charge on any atom is 0.294 e. The molecule has 0 aliphatic rings. The number of halogens is 1. The molecule has 0 aliphatic carbocycles. The van der Waals surface area contributed by atoms with Crippen LogP contribution in [0.15, 0.2) is 0 Å². The summed E-state index contributed by atoms with van der Waals surface area (Å²) in [6, 6.07) is 0. The second kappa shape index (κ2) is 24.6. The first kappa shape index (κ1) is 29.9. The molecule has 0 unspecified atom stereocenters. The van der Waals surface area contributed by atoms with Crippen molar-refractivity contribution in [2.75, 3.05) is 6.61 Å². The van der Waals surface area contributed by atoms with Gasteiger partial charge in [-0.05, 0) is 6.92 Å². The third-order valence-electron chi connectivity index (χ3n) is 0.340. The number of rotatable bonds is 3. The Morgan fingerprint density at radius 3 is 1.41 bits per heavy atom. The molecule has 12 nitrogen and oxygen atoms in total. The summed E-state index contributed by atoms with van der Waals surface area (Å²) in [5, 5.41) is 29.9. The van der Waals surface area contributed by atoms with Crippen molar-refractivity contribution in [2.45, 2.75) is 6.92 Å². The van der Waals surface area contributed by atoms with Crippen LogP contribution in [0.4, 0.5) is 0 Å². The molecular weight excluding hydrogens is 438 g/mol. The van der Waals surface area contributed by atoms with Crippen molar-refractivity contribution in [1.29, 1.82) is 0 Å². The van der Waals surface area contributed by atoms with Crippen LogP contribution >= 0.6 is 24.0 Å². The van der Waals surface area contributed by atoms with Crippen LogP contribution in [0.5, 0.6) is 0 Å². The van der Waals surface area contributed by atoms with Gasteiger partial charge in [-0.15, -0.1) is 54.3 Å². The maximum absolute atomic E-state index is 9.18. The summed E-state index contributed by atoms with van der Waals surface area (Å²) in [5.41, 5.74) is 0. The van der Waals surface area contributed by atoms with Gasteiger partial charge in [0.25, 0.3) is 15.3 Å². The fourth-order valence-electron chi connectivity index (χ4n) is 0.105. The van der Waals surface area contributed by atoms with Gasteiger partial charge in [-0.1, -0.05) is 0 Å². The molecule has 0 aromatic heterocycles. The number of hydrogen-bond acceptors (Lipinski definition) is 8. The Hall–Kier alpha value is -0.566. The summed E-state index contributed by atoms with van der Waals surface area (Å²) in [6.07, 6.45) is 0. The van der Waals surface area contributed by atoms with Gasteiger partial charge in [0.2, 0.25) is 0 Å². The van der Waals surface area contributed by atoms with Crippen LogP contribution in [-0.4, -0.2) is 27.1 Å². The predicted molar refractivity (Wildman–Crippen MR) is 56.3 cm³/mol. The van der Waals surface area contributed by atoms with Crippen LogP contribution in [0.3, 0.4) is 0 Å². The van der Waals surface area contributed by atoms with Crippen molar-refractivity contribution in [3.05, 3.63) is 37.5 Å². The average Bonchev–Trinajstić information content (AvgIpc) is 2.03. The second-order valence-electron chi connectivity index (χ2n) is 1.23. The molecule has 0 amide bonds. The minimum absolute atomic E-state index is 0. The minimum Gasteiger partial charge on any atom is -0.488 e. The number of nitrogens with zero attached hydrogens (tertiary/aromatic N) is 3. The van der Waals surface area contributed by atoms with Gasteiger partial charge in [0.1, 0.15) is 0 Å². The molecule has 0 rings (SSSR count). The van der Waals surface area contributed by atoms with Gasteiger partial charge < -0.3 is 14.9 Å². The largest absolute Gasteiger partial charge is 0.488 e. The Bertz CT molecular complexity index is 200. The SMILES string of the molecule is CCO[N+](=O)[O-].I.O=[N+]([O-])O.[CH2-]O[N+](=O)[O-].[Y].